The fraction of sp³-hybridized carbons (Fsp3) is 0.750. The maximum absolute atomic E-state index is 5.87. The minimum Gasteiger partial charge on any atom is -0.282 e. The van der Waals surface area contributed by atoms with Gasteiger partial charge < -0.3 is 0 Å². The Morgan fingerprint density at radius 2 is 1.85 bits per heavy atom. The molecular weight excluding hydrogens is 347 g/mol. The number of hydrogen-bond acceptors (Lipinski definition) is 3. The monoisotopic (exact) mass is 347 g/mol. The number of nitrogens with one attached hydrogen (secondary N) is 1. The van der Waals surface area contributed by atoms with Gasteiger partial charge in [0, 0.05) is 0 Å². The summed E-state index contributed by atoms with van der Waals surface area (Å²) in [6, 6.07) is 0. The van der Waals surface area contributed by atoms with Gasteiger partial charge in [-0.15, -0.1) is 0 Å². The lowest BCUT2D eigenvalue weighted by atomic mass is 10.3. The van der Waals surface area contributed by atoms with Crippen LogP contribution in [0, 0.1) is 0 Å². The van der Waals surface area contributed by atoms with Gasteiger partial charge >= 0.3 is 0 Å². The second-order valence-electron chi connectivity index (χ2n) is 2.24. The maximum atomic E-state index is 5.87. The summed E-state index contributed by atoms with van der Waals surface area (Å²) in [4.78, 5) is 0. The Hall–Kier alpha value is 1.20. The van der Waals surface area contributed by atoms with Gasteiger partial charge in [0.1, 0.15) is 6.34 Å². The molecule has 1 aliphatic rings. The van der Waals surface area contributed by atoms with Crippen molar-refractivity contribution >= 4 is 80.5 Å². The number of halogens is 6. The van der Waals surface area contributed by atoms with E-state index in [-0.39, 0.29) is 0 Å². The first kappa shape index (κ1) is 12.3. The molecule has 9 heteroatoms. The summed E-state index contributed by atoms with van der Waals surface area (Å²) in [5, 5.41) is 3.68. The molecule has 1 rings (SSSR count). The number of alkyl halides is 5. The number of rotatable bonds is 1. The summed E-state index contributed by atoms with van der Waals surface area (Å²) >= 11 is 31.6. The molecule has 0 saturated carbocycles. The van der Waals surface area contributed by atoms with Gasteiger partial charge in [0.05, 0.1) is 16.1 Å². The molecule has 1 N–H and O–H groups in total. The molecule has 1 unspecified atom stereocenters. The van der Waals surface area contributed by atoms with Crippen LogP contribution in [0.2, 0.25) is 0 Å². The topological polar surface area (TPSA) is 27.6 Å². The average Bonchev–Trinajstić information content (AvgIpc) is 2.32. The molecule has 0 aromatic heterocycles. The Labute approximate surface area is 109 Å². The molecule has 0 aromatic rings. The van der Waals surface area contributed by atoms with Crippen LogP contribution in [0.1, 0.15) is 0 Å². The molecule has 0 aromatic carbocycles. The summed E-state index contributed by atoms with van der Waals surface area (Å²) in [6.07, 6.45) is 0.768. The summed E-state index contributed by atoms with van der Waals surface area (Å²) in [5.74, 6) is 0. The minimum absolute atomic E-state index is 0.650. The molecule has 0 spiro atoms. The number of hydrogen-bond donors (Lipinski definition) is 1. The highest BCUT2D eigenvalue weighted by atomic mass is 79.9. The second kappa shape index (κ2) is 3.99. The third kappa shape index (κ3) is 2.41. The van der Waals surface area contributed by atoms with Crippen molar-refractivity contribution in [1.29, 1.82) is 0 Å². The van der Waals surface area contributed by atoms with E-state index in [0.29, 0.717) is 0 Å². The zero-order valence-electron chi connectivity index (χ0n) is 5.82. The van der Waals surface area contributed by atoms with Gasteiger partial charge in [-0.25, -0.2) is 0 Å². The van der Waals surface area contributed by atoms with E-state index < -0.39 is 14.3 Å². The first-order chi connectivity index (χ1) is 5.77. The van der Waals surface area contributed by atoms with Crippen LogP contribution in [0.25, 0.3) is 0 Å². The first-order valence-corrected chi connectivity index (χ1v) is 5.54. The molecule has 3 nitrogen and oxygen atoms in total. The largest absolute Gasteiger partial charge is 0.282 e. The third-order valence-corrected chi connectivity index (χ3v) is 4.38. The standard InChI is InChI=1S/C4H3BrCl5N3/c5-13-1-11-12-2(13)3(6,7)4(8,9)10/h1-2,12H. The third-order valence-electron chi connectivity index (χ3n) is 1.33. The molecule has 0 saturated heterocycles. The van der Waals surface area contributed by atoms with E-state index in [4.69, 9.17) is 58.0 Å². The smallest absolute Gasteiger partial charge is 0.227 e. The molecule has 1 heterocycles. The van der Waals surface area contributed by atoms with Crippen molar-refractivity contribution in [2.45, 2.75) is 14.3 Å². The lowest BCUT2D eigenvalue weighted by molar-refractivity contribution is 0.405. The van der Waals surface area contributed by atoms with Crippen LogP contribution in [0.4, 0.5) is 0 Å². The van der Waals surface area contributed by atoms with Crippen molar-refractivity contribution in [3.63, 3.8) is 0 Å². The zero-order chi connectivity index (χ0) is 10.3. The number of hydrazone groups is 1. The highest BCUT2D eigenvalue weighted by Gasteiger charge is 2.54. The van der Waals surface area contributed by atoms with Crippen molar-refractivity contribution in [3.05, 3.63) is 0 Å². The van der Waals surface area contributed by atoms with E-state index in [2.05, 4.69) is 26.7 Å². The van der Waals surface area contributed by atoms with Crippen molar-refractivity contribution < 1.29 is 0 Å². The van der Waals surface area contributed by atoms with Gasteiger partial charge in [-0.3, -0.25) is 9.35 Å². The molecular formula is C4H3BrCl5N3. The van der Waals surface area contributed by atoms with E-state index >= 15 is 0 Å². The SMILES string of the molecule is ClC(Cl)(Cl)C(Cl)(Cl)C1NN=CN1Br. The Bertz CT molecular complexity index is 226. The summed E-state index contributed by atoms with van der Waals surface area (Å²) in [7, 11) is 0. The van der Waals surface area contributed by atoms with Crippen LogP contribution in [0.3, 0.4) is 0 Å². The van der Waals surface area contributed by atoms with Gasteiger partial charge in [-0.05, 0) is 0 Å². The van der Waals surface area contributed by atoms with Gasteiger partial charge in [-0.1, -0.05) is 58.0 Å². The molecule has 0 fully saturated rings. The summed E-state index contributed by atoms with van der Waals surface area (Å²) in [6.45, 7) is 0. The zero-order valence-corrected chi connectivity index (χ0v) is 11.2. The molecule has 76 valence electrons. The van der Waals surface area contributed by atoms with E-state index in [9.17, 15) is 0 Å². The van der Waals surface area contributed by atoms with Crippen LogP contribution in [0.15, 0.2) is 5.10 Å². The first-order valence-electron chi connectivity index (χ1n) is 2.94. The summed E-state index contributed by atoms with van der Waals surface area (Å²) in [5.41, 5.74) is 2.58. The Kier molecular flexibility index (Phi) is 3.76. The highest BCUT2D eigenvalue weighted by Crippen LogP contribution is 2.49. The fourth-order valence-corrected chi connectivity index (χ4v) is 2.02. The van der Waals surface area contributed by atoms with E-state index in [1.165, 1.54) is 10.3 Å². The van der Waals surface area contributed by atoms with E-state index in [1.54, 1.807) is 0 Å². The minimum atomic E-state index is -1.83. The lowest BCUT2D eigenvalue weighted by Crippen LogP contribution is -2.52. The molecule has 0 bridgehead atoms. The predicted octanol–water partition coefficient (Wildman–Crippen LogP) is 3.02. The highest BCUT2D eigenvalue weighted by molar-refractivity contribution is 9.07. The Morgan fingerprint density at radius 3 is 2.15 bits per heavy atom. The van der Waals surface area contributed by atoms with Gasteiger partial charge in [0.25, 0.3) is 0 Å². The average molecular weight is 350 g/mol. The lowest BCUT2D eigenvalue weighted by Gasteiger charge is -2.34. The summed E-state index contributed by atoms with van der Waals surface area (Å²) < 4.78 is -2.03. The second-order valence-corrected chi connectivity index (χ2v) is 6.73. The van der Waals surface area contributed by atoms with Crippen LogP contribution < -0.4 is 5.43 Å². The fourth-order valence-electron chi connectivity index (χ4n) is 0.672. The van der Waals surface area contributed by atoms with Crippen molar-refractivity contribution in [1.82, 2.24) is 9.35 Å². The Morgan fingerprint density at radius 1 is 1.31 bits per heavy atom. The molecule has 0 aliphatic carbocycles. The molecule has 13 heavy (non-hydrogen) atoms. The van der Waals surface area contributed by atoms with Crippen LogP contribution in [0.5, 0.6) is 0 Å². The van der Waals surface area contributed by atoms with Crippen LogP contribution in [-0.2, 0) is 0 Å². The quantitative estimate of drug-likeness (QED) is 0.582. The molecule has 0 amide bonds. The van der Waals surface area contributed by atoms with Gasteiger partial charge in [-0.2, -0.15) is 5.10 Å². The molecule has 1 aliphatic heterocycles. The molecule has 0 radical (unpaired) electrons. The molecule has 1 atom stereocenters. The van der Waals surface area contributed by atoms with Gasteiger partial charge in [0.2, 0.25) is 8.13 Å². The van der Waals surface area contributed by atoms with Crippen molar-refractivity contribution in [2.75, 3.05) is 0 Å². The van der Waals surface area contributed by atoms with Gasteiger partial charge in [0.15, 0.2) is 6.17 Å². The predicted molar refractivity (Wildman–Crippen MR) is 60.9 cm³/mol. The van der Waals surface area contributed by atoms with Crippen molar-refractivity contribution in [2.24, 2.45) is 5.10 Å². The maximum Gasteiger partial charge on any atom is 0.227 e. The Balaban J connectivity index is 2.82. The normalized spacial score (nSPS) is 23.5. The van der Waals surface area contributed by atoms with E-state index in [1.807, 2.05) is 0 Å². The van der Waals surface area contributed by atoms with Crippen LogP contribution >= 0.6 is 74.2 Å². The van der Waals surface area contributed by atoms with E-state index in [0.717, 1.165) is 0 Å². The van der Waals surface area contributed by atoms with Crippen LogP contribution in [-0.4, -0.2) is 24.6 Å². The number of nitrogens with zero attached hydrogens (tertiary/aromatic N) is 2. The van der Waals surface area contributed by atoms with Crippen molar-refractivity contribution in [3.8, 4) is 0 Å².